The highest BCUT2D eigenvalue weighted by atomic mass is 35.5. The van der Waals surface area contributed by atoms with Crippen LogP contribution >= 0.6 is 23.8 Å². The Morgan fingerprint density at radius 2 is 1.81 bits per heavy atom. The van der Waals surface area contributed by atoms with Crippen LogP contribution in [0.5, 0.6) is 0 Å². The van der Waals surface area contributed by atoms with E-state index in [2.05, 4.69) is 33.8 Å². The normalized spacial score (nSPS) is 16.9. The molecule has 0 bridgehead atoms. The van der Waals surface area contributed by atoms with E-state index < -0.39 is 18.1 Å². The summed E-state index contributed by atoms with van der Waals surface area (Å²) in [6, 6.07) is 12.2. The van der Waals surface area contributed by atoms with Crippen LogP contribution in [0.4, 0.5) is 18.9 Å². The maximum absolute atomic E-state index is 13.9. The number of benzene rings is 2. The number of aromatic nitrogens is 2. The molecule has 0 amide bonds. The summed E-state index contributed by atoms with van der Waals surface area (Å²) >= 11 is 12.0. The average molecular weight is 536 g/mol. The van der Waals surface area contributed by atoms with Gasteiger partial charge in [0.15, 0.2) is 5.11 Å². The maximum atomic E-state index is 13.9. The molecule has 0 atom stereocenters. The van der Waals surface area contributed by atoms with E-state index in [0.29, 0.717) is 28.9 Å². The Balaban J connectivity index is 1.33. The van der Waals surface area contributed by atoms with Crippen LogP contribution in [0.15, 0.2) is 46.9 Å². The molecule has 2 fully saturated rings. The fraction of sp³-hybridized carbons (Fsp3) is 0.400. The molecule has 3 aromatic rings. The van der Waals surface area contributed by atoms with Crippen molar-refractivity contribution in [1.29, 1.82) is 0 Å². The van der Waals surface area contributed by atoms with E-state index in [9.17, 15) is 13.2 Å². The van der Waals surface area contributed by atoms with Crippen LogP contribution in [-0.2, 0) is 6.54 Å². The number of halogens is 4. The minimum absolute atomic E-state index is 0.0218. The Morgan fingerprint density at radius 3 is 2.39 bits per heavy atom. The van der Waals surface area contributed by atoms with Crippen molar-refractivity contribution in [3.63, 3.8) is 0 Å². The molecule has 0 radical (unpaired) electrons. The van der Waals surface area contributed by atoms with E-state index in [4.69, 9.17) is 28.2 Å². The van der Waals surface area contributed by atoms with Crippen molar-refractivity contribution in [2.75, 3.05) is 31.1 Å². The van der Waals surface area contributed by atoms with E-state index in [-0.39, 0.29) is 16.3 Å². The first-order valence-electron chi connectivity index (χ1n) is 11.6. The van der Waals surface area contributed by atoms with E-state index >= 15 is 0 Å². The summed E-state index contributed by atoms with van der Waals surface area (Å²) in [5.74, 6) is -1.19. The molecule has 2 aromatic carbocycles. The van der Waals surface area contributed by atoms with Crippen molar-refractivity contribution < 1.29 is 17.6 Å². The summed E-state index contributed by atoms with van der Waals surface area (Å²) in [7, 11) is 0. The minimum atomic E-state index is -2.82. The predicted octanol–water partition coefficient (Wildman–Crippen LogP) is 5.78. The van der Waals surface area contributed by atoms with Gasteiger partial charge in [0, 0.05) is 48.9 Å². The number of hydrogen-bond donors (Lipinski definition) is 0. The largest absolute Gasteiger partial charge is 0.415 e. The summed E-state index contributed by atoms with van der Waals surface area (Å²) in [4.78, 5) is 6.55. The van der Waals surface area contributed by atoms with Crippen LogP contribution < -0.4 is 4.90 Å². The first-order chi connectivity index (χ1) is 17.1. The van der Waals surface area contributed by atoms with Crippen molar-refractivity contribution in [1.82, 2.24) is 20.0 Å². The molecule has 1 spiro atoms. The quantitative estimate of drug-likeness (QED) is 0.371. The van der Waals surface area contributed by atoms with Crippen molar-refractivity contribution >= 4 is 34.6 Å². The number of hydrogen-bond acceptors (Lipinski definition) is 5. The van der Waals surface area contributed by atoms with Gasteiger partial charge in [0.05, 0.1) is 11.6 Å². The Morgan fingerprint density at radius 1 is 1.11 bits per heavy atom. The topological polar surface area (TPSA) is 48.6 Å². The first kappa shape index (κ1) is 25.0. The number of thiocarbonyl (C=S) groups is 1. The highest BCUT2D eigenvalue weighted by Gasteiger charge is 2.53. The average Bonchev–Trinajstić information content (AvgIpc) is 3.28. The summed E-state index contributed by atoms with van der Waals surface area (Å²) in [5.41, 5.74) is 2.40. The number of rotatable bonds is 6. The van der Waals surface area contributed by atoms with Crippen LogP contribution in [0, 0.1) is 11.2 Å². The highest BCUT2D eigenvalue weighted by molar-refractivity contribution is 7.80. The molecule has 11 heteroatoms. The van der Waals surface area contributed by atoms with E-state index in [1.807, 2.05) is 17.0 Å². The smallest absolute Gasteiger partial charge is 0.314 e. The molecular weight excluding hydrogens is 511 g/mol. The number of nitrogens with zero attached hydrogens (tertiary/aromatic N) is 5. The lowest BCUT2D eigenvalue weighted by atomic mass is 9.72. The van der Waals surface area contributed by atoms with Crippen molar-refractivity contribution in [3.8, 4) is 11.5 Å². The molecule has 190 valence electrons. The zero-order valence-corrected chi connectivity index (χ0v) is 21.4. The lowest BCUT2D eigenvalue weighted by Gasteiger charge is -2.62. The van der Waals surface area contributed by atoms with E-state index in [0.717, 1.165) is 31.7 Å². The third-order valence-electron chi connectivity index (χ3n) is 6.75. The van der Waals surface area contributed by atoms with Gasteiger partial charge in [-0.25, -0.2) is 4.39 Å². The standard InChI is InChI=1S/C25H25ClF3N5OS/c1-15(2)32-11-25(12-32)13-33(14-25)24(36)34(18-7-8-20(27)19(26)9-18)10-16-3-5-17(6-4-16)22-30-31-23(35-22)21(28)29/h3-9,15,21H,10-14H2,1-2H3. The number of anilines is 1. The van der Waals surface area contributed by atoms with Crippen molar-refractivity contribution in [3.05, 3.63) is 64.8 Å². The van der Waals surface area contributed by atoms with Gasteiger partial charge in [-0.05, 0) is 62.0 Å². The van der Waals surface area contributed by atoms with E-state index in [1.54, 1.807) is 24.3 Å². The molecule has 36 heavy (non-hydrogen) atoms. The predicted molar refractivity (Wildman–Crippen MR) is 136 cm³/mol. The Hall–Kier alpha value is -2.69. The molecule has 6 nitrogen and oxygen atoms in total. The van der Waals surface area contributed by atoms with E-state index in [1.165, 1.54) is 6.07 Å². The monoisotopic (exact) mass is 535 g/mol. The Labute approximate surface area is 217 Å². The summed E-state index contributed by atoms with van der Waals surface area (Å²) < 4.78 is 44.4. The van der Waals surface area contributed by atoms with Crippen LogP contribution in [-0.4, -0.2) is 57.3 Å². The SMILES string of the molecule is CC(C)N1CC2(CN(C(=S)N(Cc3ccc(-c4nnc(C(F)F)o4)cc3)c3ccc(F)c(Cl)c3)C2)C1. The second-order valence-corrected chi connectivity index (χ2v) is 10.5. The molecule has 0 aliphatic carbocycles. The molecule has 0 N–H and O–H groups in total. The molecule has 3 heterocycles. The zero-order chi connectivity index (χ0) is 25.6. The number of likely N-dealkylation sites (tertiary alicyclic amines) is 2. The molecular formula is C25H25ClF3N5OS. The van der Waals surface area contributed by atoms with Gasteiger partial charge in [0.25, 0.3) is 5.89 Å². The highest BCUT2D eigenvalue weighted by Crippen LogP contribution is 2.41. The minimum Gasteiger partial charge on any atom is -0.415 e. The van der Waals surface area contributed by atoms with Gasteiger partial charge in [-0.15, -0.1) is 10.2 Å². The van der Waals surface area contributed by atoms with Gasteiger partial charge in [-0.1, -0.05) is 23.7 Å². The first-order valence-corrected chi connectivity index (χ1v) is 12.4. The summed E-state index contributed by atoms with van der Waals surface area (Å²) in [5, 5.41) is 7.73. The second-order valence-electron chi connectivity index (χ2n) is 9.76. The van der Waals surface area contributed by atoms with Gasteiger partial charge in [-0.3, -0.25) is 4.90 Å². The molecule has 5 rings (SSSR count). The fourth-order valence-corrected chi connectivity index (χ4v) is 5.22. The van der Waals surface area contributed by atoms with Gasteiger partial charge in [0.2, 0.25) is 5.89 Å². The maximum Gasteiger partial charge on any atom is 0.314 e. The molecule has 2 aliphatic heterocycles. The van der Waals surface area contributed by atoms with Crippen LogP contribution in [0.2, 0.25) is 5.02 Å². The lowest BCUT2D eigenvalue weighted by Crippen LogP contribution is -2.74. The van der Waals surface area contributed by atoms with Gasteiger partial charge >= 0.3 is 6.43 Å². The molecule has 2 aliphatic rings. The molecule has 0 unspecified atom stereocenters. The molecule has 0 saturated carbocycles. The van der Waals surface area contributed by atoms with Crippen LogP contribution in [0.25, 0.3) is 11.5 Å². The van der Waals surface area contributed by atoms with Crippen molar-refractivity contribution in [2.24, 2.45) is 5.41 Å². The summed E-state index contributed by atoms with van der Waals surface area (Å²) in [6.45, 7) is 8.71. The van der Waals surface area contributed by atoms with Gasteiger partial charge < -0.3 is 14.2 Å². The summed E-state index contributed by atoms with van der Waals surface area (Å²) in [6.07, 6.45) is -2.82. The second kappa shape index (κ2) is 9.64. The van der Waals surface area contributed by atoms with Gasteiger partial charge in [0.1, 0.15) is 5.82 Å². The van der Waals surface area contributed by atoms with Crippen LogP contribution in [0.3, 0.4) is 0 Å². The molecule has 2 saturated heterocycles. The third-order valence-corrected chi connectivity index (χ3v) is 7.51. The number of alkyl halides is 2. The fourth-order valence-electron chi connectivity index (χ4n) is 4.75. The zero-order valence-electron chi connectivity index (χ0n) is 19.8. The third kappa shape index (κ3) is 4.81. The lowest BCUT2D eigenvalue weighted by molar-refractivity contribution is -0.0993. The Kier molecular flexibility index (Phi) is 6.69. The Bertz CT molecular complexity index is 1250. The van der Waals surface area contributed by atoms with Gasteiger partial charge in [-0.2, -0.15) is 8.78 Å². The van der Waals surface area contributed by atoms with Crippen molar-refractivity contribution in [2.45, 2.75) is 32.9 Å². The van der Waals surface area contributed by atoms with Crippen LogP contribution in [0.1, 0.15) is 31.7 Å². The molecule has 1 aromatic heterocycles.